The van der Waals surface area contributed by atoms with Crippen LogP contribution in [-0.2, 0) is 0 Å². The molecule has 108 valence electrons. The third kappa shape index (κ3) is 3.73. The molecule has 0 radical (unpaired) electrons. The molecular weight excluding hydrogens is 268 g/mol. The summed E-state index contributed by atoms with van der Waals surface area (Å²) in [5, 5.41) is 5.15. The molecule has 1 N–H and O–H groups in total. The summed E-state index contributed by atoms with van der Waals surface area (Å²) in [4.78, 5) is 13.4. The topological polar surface area (TPSA) is 34.0 Å². The molecule has 2 rings (SSSR count). The molecule has 2 aromatic heterocycles. The van der Waals surface area contributed by atoms with Crippen LogP contribution in [0.3, 0.4) is 0 Å². The van der Waals surface area contributed by atoms with Crippen molar-refractivity contribution in [3.63, 3.8) is 0 Å². The highest BCUT2D eigenvalue weighted by atomic mass is 32.1. The van der Waals surface area contributed by atoms with Gasteiger partial charge in [0, 0.05) is 28.9 Å². The van der Waals surface area contributed by atoms with Crippen LogP contribution in [0.25, 0.3) is 10.4 Å². The van der Waals surface area contributed by atoms with E-state index in [0.717, 1.165) is 24.8 Å². The molecule has 1 unspecified atom stereocenters. The molecular formula is C16H22N2OS. The smallest absolute Gasteiger partial charge is 0.325 e. The number of rotatable bonds is 6. The number of carbonyl (C=O) groups is 1. The Morgan fingerprint density at radius 2 is 2.25 bits per heavy atom. The first kappa shape index (κ1) is 14.9. The molecule has 3 nitrogen and oxygen atoms in total. The summed E-state index contributed by atoms with van der Waals surface area (Å²) in [6, 6.07) is 6.32. The van der Waals surface area contributed by atoms with Crippen LogP contribution in [0.2, 0.25) is 0 Å². The van der Waals surface area contributed by atoms with Crippen molar-refractivity contribution in [1.29, 1.82) is 0 Å². The second-order valence-electron chi connectivity index (χ2n) is 4.98. The summed E-state index contributed by atoms with van der Waals surface area (Å²) >= 11 is 1.69. The maximum absolute atomic E-state index is 12.2. The summed E-state index contributed by atoms with van der Waals surface area (Å²) in [6.45, 7) is 4.29. The third-order valence-corrected chi connectivity index (χ3v) is 4.38. The number of amides is 1. The second-order valence-corrected chi connectivity index (χ2v) is 5.93. The molecule has 0 aliphatic rings. The van der Waals surface area contributed by atoms with E-state index in [2.05, 4.69) is 25.2 Å². The van der Waals surface area contributed by atoms with E-state index >= 15 is 0 Å². The van der Waals surface area contributed by atoms with Crippen molar-refractivity contribution in [2.24, 2.45) is 0 Å². The fourth-order valence-electron chi connectivity index (χ4n) is 2.19. The molecule has 0 saturated carbocycles. The number of nitrogens with one attached hydrogen (secondary N) is 1. The van der Waals surface area contributed by atoms with Crippen molar-refractivity contribution >= 4 is 17.4 Å². The number of hydrogen-bond donors (Lipinski definition) is 1. The van der Waals surface area contributed by atoms with E-state index in [-0.39, 0.29) is 12.1 Å². The Kier molecular flexibility index (Phi) is 5.41. The van der Waals surface area contributed by atoms with E-state index in [9.17, 15) is 4.79 Å². The van der Waals surface area contributed by atoms with Gasteiger partial charge in [-0.05, 0) is 30.4 Å². The Morgan fingerprint density at radius 1 is 1.40 bits per heavy atom. The average Bonchev–Trinajstić information content (AvgIpc) is 3.12. The van der Waals surface area contributed by atoms with Crippen molar-refractivity contribution in [3.8, 4) is 10.4 Å². The Bertz CT molecular complexity index is 530. The first-order chi connectivity index (χ1) is 9.74. The van der Waals surface area contributed by atoms with Gasteiger partial charge in [-0.2, -0.15) is 0 Å². The van der Waals surface area contributed by atoms with Gasteiger partial charge in [0.05, 0.1) is 0 Å². The first-order valence-corrected chi connectivity index (χ1v) is 8.15. The fourth-order valence-corrected chi connectivity index (χ4v) is 2.91. The quantitative estimate of drug-likeness (QED) is 0.819. The van der Waals surface area contributed by atoms with Gasteiger partial charge in [0.1, 0.15) is 0 Å². The van der Waals surface area contributed by atoms with Gasteiger partial charge in [0.15, 0.2) is 0 Å². The van der Waals surface area contributed by atoms with Crippen molar-refractivity contribution in [2.75, 3.05) is 0 Å². The maximum atomic E-state index is 12.2. The molecule has 1 amide bonds. The molecule has 0 fully saturated rings. The first-order valence-electron chi connectivity index (χ1n) is 7.27. The van der Waals surface area contributed by atoms with Crippen LogP contribution >= 0.6 is 11.3 Å². The molecule has 0 aliphatic carbocycles. The molecule has 0 aromatic carbocycles. The summed E-state index contributed by atoms with van der Waals surface area (Å²) in [7, 11) is 0. The highest BCUT2D eigenvalue weighted by Crippen LogP contribution is 2.24. The Hall–Kier alpha value is -1.55. The fraction of sp³-hybridized carbons (Fsp3) is 0.438. The monoisotopic (exact) mass is 290 g/mol. The average molecular weight is 290 g/mol. The van der Waals surface area contributed by atoms with E-state index in [1.54, 1.807) is 15.9 Å². The summed E-state index contributed by atoms with van der Waals surface area (Å²) < 4.78 is 1.64. The number of unbranched alkanes of at least 4 members (excludes halogenated alkanes) is 1. The maximum Gasteiger partial charge on any atom is 0.325 e. The SMILES string of the molecule is CCCCC(CC)NC(=O)n1ccc(-c2cccs2)c1. The number of nitrogens with zero attached hydrogens (tertiary/aromatic N) is 1. The van der Waals surface area contributed by atoms with Crippen LogP contribution in [0.4, 0.5) is 4.79 Å². The lowest BCUT2D eigenvalue weighted by atomic mass is 10.1. The minimum absolute atomic E-state index is 0.0317. The molecule has 0 aliphatic heterocycles. The lowest BCUT2D eigenvalue weighted by Gasteiger charge is -2.16. The van der Waals surface area contributed by atoms with E-state index in [1.165, 1.54) is 11.3 Å². The predicted octanol–water partition coefficient (Wildman–Crippen LogP) is 4.74. The third-order valence-electron chi connectivity index (χ3n) is 3.46. The molecule has 0 saturated heterocycles. The van der Waals surface area contributed by atoms with Gasteiger partial charge in [0.2, 0.25) is 0 Å². The number of thiophene rings is 1. The molecule has 2 heterocycles. The van der Waals surface area contributed by atoms with E-state index in [1.807, 2.05) is 29.9 Å². The van der Waals surface area contributed by atoms with E-state index < -0.39 is 0 Å². The van der Waals surface area contributed by atoms with Crippen molar-refractivity contribution < 1.29 is 4.79 Å². The Balaban J connectivity index is 1.99. The van der Waals surface area contributed by atoms with Gasteiger partial charge in [-0.3, -0.25) is 4.57 Å². The second kappa shape index (κ2) is 7.29. The van der Waals surface area contributed by atoms with Crippen molar-refractivity contribution in [1.82, 2.24) is 9.88 Å². The highest BCUT2D eigenvalue weighted by Gasteiger charge is 2.12. The minimum atomic E-state index is -0.0317. The van der Waals surface area contributed by atoms with Crippen LogP contribution in [0.1, 0.15) is 39.5 Å². The lowest BCUT2D eigenvalue weighted by Crippen LogP contribution is -2.36. The summed E-state index contributed by atoms with van der Waals surface area (Å²) in [5.41, 5.74) is 1.09. The van der Waals surface area contributed by atoms with Gasteiger partial charge in [0.25, 0.3) is 0 Å². The van der Waals surface area contributed by atoms with Gasteiger partial charge in [-0.25, -0.2) is 4.79 Å². The molecule has 4 heteroatoms. The van der Waals surface area contributed by atoms with Gasteiger partial charge in [-0.15, -0.1) is 11.3 Å². The number of carbonyl (C=O) groups excluding carboxylic acids is 1. The summed E-state index contributed by atoms with van der Waals surface area (Å²) in [6.07, 6.45) is 8.08. The van der Waals surface area contributed by atoms with Crippen molar-refractivity contribution in [3.05, 3.63) is 36.0 Å². The van der Waals surface area contributed by atoms with Crippen LogP contribution in [0, 0.1) is 0 Å². The zero-order valence-corrected chi connectivity index (χ0v) is 13.0. The summed E-state index contributed by atoms with van der Waals surface area (Å²) in [5.74, 6) is 0. The number of aromatic nitrogens is 1. The molecule has 2 aromatic rings. The van der Waals surface area contributed by atoms with E-state index in [0.29, 0.717) is 0 Å². The molecule has 0 bridgehead atoms. The van der Waals surface area contributed by atoms with Gasteiger partial charge < -0.3 is 5.32 Å². The normalized spacial score (nSPS) is 12.3. The number of hydrogen-bond acceptors (Lipinski definition) is 2. The van der Waals surface area contributed by atoms with Crippen molar-refractivity contribution in [2.45, 2.75) is 45.6 Å². The molecule has 20 heavy (non-hydrogen) atoms. The minimum Gasteiger partial charge on any atom is -0.335 e. The van der Waals surface area contributed by atoms with Crippen LogP contribution < -0.4 is 5.32 Å². The predicted molar refractivity (Wildman–Crippen MR) is 85.3 cm³/mol. The van der Waals surface area contributed by atoms with Gasteiger partial charge >= 0.3 is 6.03 Å². The van der Waals surface area contributed by atoms with E-state index in [4.69, 9.17) is 0 Å². The lowest BCUT2D eigenvalue weighted by molar-refractivity contribution is 0.237. The van der Waals surface area contributed by atoms with Gasteiger partial charge in [-0.1, -0.05) is 32.8 Å². The van der Waals surface area contributed by atoms with Crippen LogP contribution in [0.5, 0.6) is 0 Å². The molecule has 1 atom stereocenters. The van der Waals surface area contributed by atoms with Crippen LogP contribution in [-0.4, -0.2) is 16.6 Å². The zero-order chi connectivity index (χ0) is 14.4. The molecule has 0 spiro atoms. The Labute approximate surface area is 124 Å². The standard InChI is InChI=1S/C16H22N2OS/c1-3-5-7-14(4-2)17-16(19)18-10-9-13(12-18)15-8-6-11-20-15/h6,8-12,14H,3-5,7H2,1-2H3,(H,17,19). The Morgan fingerprint density at radius 3 is 2.90 bits per heavy atom. The highest BCUT2D eigenvalue weighted by molar-refractivity contribution is 7.13. The zero-order valence-electron chi connectivity index (χ0n) is 12.1. The van der Waals surface area contributed by atoms with Crippen LogP contribution in [0.15, 0.2) is 36.0 Å². The largest absolute Gasteiger partial charge is 0.335 e.